The summed E-state index contributed by atoms with van der Waals surface area (Å²) < 4.78 is 22.1. The van der Waals surface area contributed by atoms with E-state index in [2.05, 4.69) is 48.6 Å². The fraction of sp³-hybridized carbons (Fsp3) is 0.0833. The number of ether oxygens (including phenoxy) is 4. The van der Waals surface area contributed by atoms with Gasteiger partial charge < -0.3 is 28.9 Å². The van der Waals surface area contributed by atoms with Gasteiger partial charge in [0.05, 0.1) is 51.2 Å². The summed E-state index contributed by atoms with van der Waals surface area (Å²) in [5.74, 6) is 3.06. The molecule has 2 aliphatic rings. The van der Waals surface area contributed by atoms with Crippen molar-refractivity contribution in [3.05, 3.63) is 144 Å². The minimum absolute atomic E-state index is 0. The van der Waals surface area contributed by atoms with Gasteiger partial charge in [-0.3, -0.25) is 0 Å². The van der Waals surface area contributed by atoms with E-state index in [0.29, 0.717) is 0 Å². The van der Waals surface area contributed by atoms with Crippen LogP contribution in [0.15, 0.2) is 121 Å². The van der Waals surface area contributed by atoms with Crippen molar-refractivity contribution < 1.29 is 38.4 Å². The average molecular weight is 798 g/mol. The topological polar surface area (TPSA) is 90.9 Å². The Labute approximate surface area is 343 Å². The van der Waals surface area contributed by atoms with Gasteiger partial charge in [-0.05, 0) is 117 Å². The van der Waals surface area contributed by atoms with Crippen LogP contribution < -0.4 is 28.9 Å². The summed E-state index contributed by atoms with van der Waals surface area (Å²) in [5, 5.41) is 0. The van der Waals surface area contributed by atoms with Crippen LogP contribution in [0.3, 0.4) is 0 Å². The molecule has 0 unspecified atom stereocenters. The van der Waals surface area contributed by atoms with E-state index in [-0.39, 0.29) is 19.5 Å². The second-order valence-corrected chi connectivity index (χ2v) is 13.3. The van der Waals surface area contributed by atoms with Gasteiger partial charge in [-0.2, -0.15) is 0 Å². The molecule has 8 nitrogen and oxygen atoms in total. The Morgan fingerprint density at radius 3 is 0.719 bits per heavy atom. The molecule has 9 heteroatoms. The van der Waals surface area contributed by atoms with Crippen LogP contribution in [0.5, 0.6) is 23.0 Å². The molecule has 2 aliphatic heterocycles. The first kappa shape index (κ1) is 37.2. The molecule has 5 heterocycles. The predicted octanol–water partition coefficient (Wildman–Crippen LogP) is 10.6. The molecule has 3 aromatic heterocycles. The Kier molecular flexibility index (Phi) is 10.3. The number of aromatic nitrogens is 4. The molecule has 9 rings (SSSR count). The molecule has 4 aromatic carbocycles. The molecule has 0 radical (unpaired) electrons. The number of hydrogen-bond donors (Lipinski definition) is 0. The average Bonchev–Trinajstić information content (AvgIpc) is 4.10. The van der Waals surface area contributed by atoms with Crippen molar-refractivity contribution >= 4 is 46.4 Å². The van der Waals surface area contributed by atoms with Gasteiger partial charge in [-0.25, -0.2) is 9.97 Å². The third-order valence-electron chi connectivity index (χ3n) is 10.1. The summed E-state index contributed by atoms with van der Waals surface area (Å²) in [6.45, 7) is 0. The van der Waals surface area contributed by atoms with Gasteiger partial charge >= 0.3 is 19.5 Å². The molecular weight excluding hydrogens is 762 g/mol. The quantitative estimate of drug-likeness (QED) is 0.140. The molecule has 7 aromatic rings. The van der Waals surface area contributed by atoms with Crippen molar-refractivity contribution in [1.29, 1.82) is 0 Å². The van der Waals surface area contributed by atoms with Gasteiger partial charge in [0.25, 0.3) is 0 Å². The maximum Gasteiger partial charge on any atom is 2.00 e. The van der Waals surface area contributed by atoms with Gasteiger partial charge in [-0.1, -0.05) is 72.8 Å². The van der Waals surface area contributed by atoms with Crippen molar-refractivity contribution in [2.75, 3.05) is 28.4 Å². The van der Waals surface area contributed by atoms with Gasteiger partial charge in [0.15, 0.2) is 0 Å². The first-order chi connectivity index (χ1) is 27.5. The third kappa shape index (κ3) is 7.03. The maximum absolute atomic E-state index is 5.52. The zero-order valence-electron chi connectivity index (χ0n) is 32.0. The van der Waals surface area contributed by atoms with Gasteiger partial charge in [0.1, 0.15) is 23.0 Å². The molecule has 0 saturated carbocycles. The van der Waals surface area contributed by atoms with Crippen molar-refractivity contribution in [2.24, 2.45) is 0 Å². The number of rotatable bonds is 8. The summed E-state index contributed by atoms with van der Waals surface area (Å²) in [4.78, 5) is 21.4. The molecule has 0 N–H and O–H groups in total. The van der Waals surface area contributed by atoms with Crippen LogP contribution in [0.25, 0.3) is 90.9 Å². The van der Waals surface area contributed by atoms with Gasteiger partial charge in [0.2, 0.25) is 0 Å². The van der Waals surface area contributed by atoms with E-state index in [1.807, 2.05) is 97.1 Å². The molecule has 0 saturated heterocycles. The van der Waals surface area contributed by atoms with Crippen molar-refractivity contribution in [2.45, 2.75) is 0 Å². The van der Waals surface area contributed by atoms with Crippen LogP contribution in [0.1, 0.15) is 22.8 Å². The van der Waals surface area contributed by atoms with Crippen LogP contribution in [0, 0.1) is 0 Å². The fourth-order valence-corrected chi connectivity index (χ4v) is 7.30. The van der Waals surface area contributed by atoms with Crippen LogP contribution in [-0.4, -0.2) is 38.4 Å². The van der Waals surface area contributed by atoms with E-state index in [4.69, 9.17) is 38.9 Å². The molecule has 0 aliphatic carbocycles. The smallest absolute Gasteiger partial charge is 0.657 e. The maximum atomic E-state index is 5.52. The Morgan fingerprint density at radius 2 is 0.526 bits per heavy atom. The van der Waals surface area contributed by atoms with Crippen molar-refractivity contribution in [3.63, 3.8) is 0 Å². The zero-order chi connectivity index (χ0) is 38.2. The molecule has 274 valence electrons. The number of nitrogens with zero attached hydrogens (tertiary/aromatic N) is 4. The van der Waals surface area contributed by atoms with E-state index >= 15 is 0 Å². The van der Waals surface area contributed by atoms with Crippen LogP contribution in [0.2, 0.25) is 0 Å². The largest absolute Gasteiger partial charge is 2.00 e. The van der Waals surface area contributed by atoms with Crippen LogP contribution >= 0.6 is 0 Å². The first-order valence-corrected chi connectivity index (χ1v) is 18.2. The number of methoxy groups -OCH3 is 4. The van der Waals surface area contributed by atoms with Gasteiger partial charge in [-0.15, -0.1) is 22.1 Å². The molecule has 0 amide bonds. The summed E-state index contributed by atoms with van der Waals surface area (Å²) in [6.07, 6.45) is 8.23. The molecule has 0 spiro atoms. The second kappa shape index (κ2) is 15.8. The molecular formula is C48H36N4O4Zn. The van der Waals surface area contributed by atoms with Crippen molar-refractivity contribution in [1.82, 2.24) is 19.9 Å². The number of benzene rings is 4. The molecule has 8 bridgehead atoms. The summed E-state index contributed by atoms with van der Waals surface area (Å²) >= 11 is 0. The Balaban J connectivity index is 0.00000455. The molecule has 0 fully saturated rings. The summed E-state index contributed by atoms with van der Waals surface area (Å²) in [7, 11) is 6.67. The normalized spacial score (nSPS) is 11.6. The van der Waals surface area contributed by atoms with Crippen LogP contribution in [0.4, 0.5) is 0 Å². The van der Waals surface area contributed by atoms with Gasteiger partial charge in [0, 0.05) is 0 Å². The monoisotopic (exact) mass is 796 g/mol. The predicted molar refractivity (Wildman–Crippen MR) is 225 cm³/mol. The first-order valence-electron chi connectivity index (χ1n) is 18.2. The number of hydrogen-bond acceptors (Lipinski definition) is 6. The summed E-state index contributed by atoms with van der Waals surface area (Å²) in [6, 6.07) is 40.3. The van der Waals surface area contributed by atoms with Crippen LogP contribution in [-0.2, 0) is 19.5 Å². The zero-order valence-corrected chi connectivity index (χ0v) is 35.0. The van der Waals surface area contributed by atoms with E-state index in [1.54, 1.807) is 28.4 Å². The fourth-order valence-electron chi connectivity index (χ4n) is 7.30. The van der Waals surface area contributed by atoms with E-state index in [9.17, 15) is 0 Å². The second-order valence-electron chi connectivity index (χ2n) is 13.3. The van der Waals surface area contributed by atoms with E-state index in [1.165, 1.54) is 0 Å². The molecule has 0 atom stereocenters. The Morgan fingerprint density at radius 1 is 0.316 bits per heavy atom. The van der Waals surface area contributed by atoms with Crippen molar-refractivity contribution in [3.8, 4) is 67.5 Å². The minimum Gasteiger partial charge on any atom is -0.657 e. The van der Waals surface area contributed by atoms with E-state index in [0.717, 1.165) is 112 Å². The summed E-state index contributed by atoms with van der Waals surface area (Å²) in [5.41, 5.74) is 13.7. The minimum atomic E-state index is 0. The Bertz CT molecular complexity index is 2440. The molecule has 57 heavy (non-hydrogen) atoms. The standard InChI is InChI=1S/C48H36N4O4.Zn/c1-53-33-13-5-29(6-14-33)45-37-21-23-39(49-37)46(30-7-15-34(54-2)16-8-30)41-25-27-43(51-41)48(32-11-19-36(56-4)20-12-32)44-28-26-42(52-44)47(40-24-22-38(45)50-40)31-9-17-35(55-3)18-10-31;/h5-28H,1-4H3;/q-2;+2. The third-order valence-corrected chi connectivity index (χ3v) is 10.1. The Hall–Kier alpha value is -6.70. The SMILES string of the molecule is COc1ccc(-c2c3nc(c(-c4ccc(OC)cc4)c4ccc([n-]4)c(-c4ccc(OC)cc4)c4nc(c(-c5ccc(OC)cc5)c5ccc2[n-]5)C=C4)C=C3)cc1.[Zn+2]. The number of fused-ring (bicyclic) bond motifs is 8. The van der Waals surface area contributed by atoms with E-state index < -0.39 is 0 Å².